The van der Waals surface area contributed by atoms with Crippen LogP contribution in [0.4, 0.5) is 0 Å². The van der Waals surface area contributed by atoms with Crippen molar-refractivity contribution in [3.63, 3.8) is 0 Å². The van der Waals surface area contributed by atoms with Gasteiger partial charge < -0.3 is 14.1 Å². The minimum Gasteiger partial charge on any atom is -0.462 e. The molecule has 1 aromatic heterocycles. The SMILES string of the molecule is CC1(C)C(=O)OCCN1C(=O)c1ccco1. The van der Waals surface area contributed by atoms with Crippen molar-refractivity contribution in [1.82, 2.24) is 4.90 Å². The molecule has 0 aromatic carbocycles. The van der Waals surface area contributed by atoms with Gasteiger partial charge in [0.2, 0.25) is 0 Å². The number of esters is 1. The normalized spacial score (nSPS) is 19.4. The third-order valence-corrected chi connectivity index (χ3v) is 2.70. The lowest BCUT2D eigenvalue weighted by Crippen LogP contribution is -2.58. The highest BCUT2D eigenvalue weighted by atomic mass is 16.5. The number of carbonyl (C=O) groups excluding carboxylic acids is 2. The molecule has 1 fully saturated rings. The first kappa shape index (κ1) is 10.7. The van der Waals surface area contributed by atoms with E-state index in [9.17, 15) is 9.59 Å². The highest BCUT2D eigenvalue weighted by Crippen LogP contribution is 2.22. The fourth-order valence-electron chi connectivity index (χ4n) is 1.68. The van der Waals surface area contributed by atoms with Gasteiger partial charge in [0, 0.05) is 0 Å². The van der Waals surface area contributed by atoms with E-state index in [-0.39, 0.29) is 18.3 Å². The molecular formula is C11H13NO4. The highest BCUT2D eigenvalue weighted by molar-refractivity contribution is 5.96. The van der Waals surface area contributed by atoms with Crippen LogP contribution >= 0.6 is 0 Å². The van der Waals surface area contributed by atoms with Crippen LogP contribution in [0.3, 0.4) is 0 Å². The van der Waals surface area contributed by atoms with Gasteiger partial charge in [-0.1, -0.05) is 0 Å². The van der Waals surface area contributed by atoms with Crippen molar-refractivity contribution in [2.24, 2.45) is 0 Å². The van der Waals surface area contributed by atoms with Gasteiger partial charge in [-0.25, -0.2) is 4.79 Å². The molecule has 0 spiro atoms. The molecule has 1 amide bonds. The van der Waals surface area contributed by atoms with Gasteiger partial charge in [-0.05, 0) is 26.0 Å². The van der Waals surface area contributed by atoms with Gasteiger partial charge >= 0.3 is 5.97 Å². The molecular weight excluding hydrogens is 210 g/mol. The summed E-state index contributed by atoms with van der Waals surface area (Å²) in [6.45, 7) is 3.94. The van der Waals surface area contributed by atoms with E-state index >= 15 is 0 Å². The summed E-state index contributed by atoms with van der Waals surface area (Å²) in [5.41, 5.74) is -0.942. The zero-order valence-electron chi connectivity index (χ0n) is 9.23. The number of ether oxygens (including phenoxy) is 1. The molecule has 1 saturated heterocycles. The Morgan fingerprint density at radius 2 is 2.25 bits per heavy atom. The van der Waals surface area contributed by atoms with Crippen molar-refractivity contribution >= 4 is 11.9 Å². The maximum absolute atomic E-state index is 12.0. The second kappa shape index (κ2) is 3.66. The molecule has 5 heteroatoms. The Morgan fingerprint density at radius 3 is 2.88 bits per heavy atom. The van der Waals surface area contributed by atoms with E-state index in [1.165, 1.54) is 11.2 Å². The molecule has 0 bridgehead atoms. The summed E-state index contributed by atoms with van der Waals surface area (Å²) < 4.78 is 9.96. The lowest BCUT2D eigenvalue weighted by Gasteiger charge is -2.39. The number of hydrogen-bond acceptors (Lipinski definition) is 4. The van der Waals surface area contributed by atoms with Crippen LogP contribution in [0.2, 0.25) is 0 Å². The van der Waals surface area contributed by atoms with Crippen molar-refractivity contribution in [3.05, 3.63) is 24.2 Å². The van der Waals surface area contributed by atoms with Crippen molar-refractivity contribution in [3.8, 4) is 0 Å². The largest absolute Gasteiger partial charge is 0.462 e. The van der Waals surface area contributed by atoms with Crippen LogP contribution in [0, 0.1) is 0 Å². The Kier molecular flexibility index (Phi) is 2.46. The maximum Gasteiger partial charge on any atom is 0.331 e. The summed E-state index contributed by atoms with van der Waals surface area (Å²) in [6, 6.07) is 3.22. The average Bonchev–Trinajstić information content (AvgIpc) is 2.74. The summed E-state index contributed by atoms with van der Waals surface area (Å²) in [6.07, 6.45) is 1.43. The predicted octanol–water partition coefficient (Wildman–Crippen LogP) is 1.06. The van der Waals surface area contributed by atoms with Crippen molar-refractivity contribution in [2.45, 2.75) is 19.4 Å². The van der Waals surface area contributed by atoms with Gasteiger partial charge in [0.15, 0.2) is 5.76 Å². The standard InChI is InChI=1S/C11H13NO4/c1-11(2)10(14)16-7-5-12(11)9(13)8-4-3-6-15-8/h3-4,6H,5,7H2,1-2H3. The second-order valence-electron chi connectivity index (χ2n) is 4.13. The summed E-state index contributed by atoms with van der Waals surface area (Å²) in [4.78, 5) is 25.1. The molecule has 16 heavy (non-hydrogen) atoms. The van der Waals surface area contributed by atoms with Crippen molar-refractivity contribution in [2.75, 3.05) is 13.2 Å². The van der Waals surface area contributed by atoms with E-state index in [0.29, 0.717) is 6.54 Å². The van der Waals surface area contributed by atoms with Crippen LogP contribution < -0.4 is 0 Å². The quantitative estimate of drug-likeness (QED) is 0.668. The summed E-state index contributed by atoms with van der Waals surface area (Å²) in [5.74, 6) is -0.437. The highest BCUT2D eigenvalue weighted by Gasteiger charge is 2.43. The average molecular weight is 223 g/mol. The summed E-state index contributed by atoms with van der Waals surface area (Å²) >= 11 is 0. The fraction of sp³-hybridized carbons (Fsp3) is 0.455. The van der Waals surface area contributed by atoms with E-state index in [1.54, 1.807) is 26.0 Å². The number of carbonyl (C=O) groups is 2. The first-order chi connectivity index (χ1) is 7.53. The van der Waals surface area contributed by atoms with Crippen molar-refractivity contribution in [1.29, 1.82) is 0 Å². The molecule has 1 aromatic rings. The van der Waals surface area contributed by atoms with E-state index in [2.05, 4.69) is 0 Å². The monoisotopic (exact) mass is 223 g/mol. The molecule has 5 nitrogen and oxygen atoms in total. The zero-order chi connectivity index (χ0) is 11.8. The lowest BCUT2D eigenvalue weighted by atomic mass is 10.0. The number of morpholine rings is 1. The number of cyclic esters (lactones) is 1. The Balaban J connectivity index is 2.26. The van der Waals surface area contributed by atoms with E-state index in [1.807, 2.05) is 0 Å². The van der Waals surface area contributed by atoms with Crippen LogP contribution in [0.5, 0.6) is 0 Å². The van der Waals surface area contributed by atoms with Gasteiger partial charge in [-0.2, -0.15) is 0 Å². The molecule has 86 valence electrons. The molecule has 0 N–H and O–H groups in total. The van der Waals surface area contributed by atoms with Crippen LogP contribution in [0.1, 0.15) is 24.4 Å². The first-order valence-electron chi connectivity index (χ1n) is 5.06. The Hall–Kier alpha value is -1.78. The van der Waals surface area contributed by atoms with E-state index in [4.69, 9.17) is 9.15 Å². The number of nitrogens with zero attached hydrogens (tertiary/aromatic N) is 1. The number of rotatable bonds is 1. The third-order valence-electron chi connectivity index (χ3n) is 2.70. The Labute approximate surface area is 93.0 Å². The molecule has 0 atom stereocenters. The molecule has 1 aliphatic heterocycles. The molecule has 0 unspecified atom stereocenters. The zero-order valence-corrected chi connectivity index (χ0v) is 9.23. The topological polar surface area (TPSA) is 59.8 Å². The molecule has 1 aliphatic rings. The second-order valence-corrected chi connectivity index (χ2v) is 4.13. The minimum absolute atomic E-state index is 0.231. The number of furan rings is 1. The van der Waals surface area contributed by atoms with Gasteiger partial charge in [0.05, 0.1) is 12.8 Å². The minimum atomic E-state index is -0.942. The Morgan fingerprint density at radius 1 is 1.50 bits per heavy atom. The molecule has 2 rings (SSSR count). The lowest BCUT2D eigenvalue weighted by molar-refractivity contribution is -0.162. The summed E-state index contributed by atoms with van der Waals surface area (Å²) in [5, 5.41) is 0. The smallest absolute Gasteiger partial charge is 0.331 e. The maximum atomic E-state index is 12.0. The van der Waals surface area contributed by atoms with E-state index in [0.717, 1.165) is 0 Å². The predicted molar refractivity (Wildman–Crippen MR) is 54.8 cm³/mol. The van der Waals surface area contributed by atoms with Crippen LogP contribution in [0.15, 0.2) is 22.8 Å². The third kappa shape index (κ3) is 1.58. The van der Waals surface area contributed by atoms with Gasteiger partial charge in [0.25, 0.3) is 5.91 Å². The molecule has 2 heterocycles. The first-order valence-corrected chi connectivity index (χ1v) is 5.06. The van der Waals surface area contributed by atoms with Gasteiger partial charge in [0.1, 0.15) is 12.1 Å². The van der Waals surface area contributed by atoms with Gasteiger partial charge in [-0.15, -0.1) is 0 Å². The Bertz CT molecular complexity index is 408. The van der Waals surface area contributed by atoms with Crippen LogP contribution in [0.25, 0.3) is 0 Å². The number of hydrogen-bond donors (Lipinski definition) is 0. The van der Waals surface area contributed by atoms with Crippen LogP contribution in [-0.2, 0) is 9.53 Å². The van der Waals surface area contributed by atoms with Crippen LogP contribution in [-0.4, -0.2) is 35.5 Å². The fourth-order valence-corrected chi connectivity index (χ4v) is 1.68. The number of amides is 1. The van der Waals surface area contributed by atoms with Gasteiger partial charge in [-0.3, -0.25) is 4.79 Å². The van der Waals surface area contributed by atoms with E-state index < -0.39 is 11.5 Å². The molecule has 0 aliphatic carbocycles. The molecule has 0 radical (unpaired) electrons. The van der Waals surface area contributed by atoms with Crippen molar-refractivity contribution < 1.29 is 18.7 Å². The summed E-state index contributed by atoms with van der Waals surface area (Å²) in [7, 11) is 0. The molecule has 0 saturated carbocycles.